The van der Waals surface area contributed by atoms with Gasteiger partial charge < -0.3 is 14.6 Å². The van der Waals surface area contributed by atoms with Crippen LogP contribution >= 0.6 is 0 Å². The Morgan fingerprint density at radius 3 is 2.81 bits per heavy atom. The van der Waals surface area contributed by atoms with E-state index in [0.717, 1.165) is 31.7 Å². The number of carboxylic acid groups (broad SMARTS) is 1. The number of aryl methyl sites for hydroxylation is 2. The summed E-state index contributed by atoms with van der Waals surface area (Å²) in [7, 11) is 1.69. The summed E-state index contributed by atoms with van der Waals surface area (Å²) in [6.45, 7) is 1.80. The summed E-state index contributed by atoms with van der Waals surface area (Å²) in [4.78, 5) is 23.8. The minimum absolute atomic E-state index is 0.0296. The monoisotopic (exact) mass is 500 g/mol. The van der Waals surface area contributed by atoms with Crippen LogP contribution in [0.1, 0.15) is 49.2 Å². The van der Waals surface area contributed by atoms with Crippen LogP contribution in [0.25, 0.3) is 11.4 Å². The van der Waals surface area contributed by atoms with Gasteiger partial charge in [-0.2, -0.15) is 4.98 Å². The van der Waals surface area contributed by atoms with Crippen LogP contribution in [0.2, 0.25) is 0 Å². The van der Waals surface area contributed by atoms with E-state index in [9.17, 15) is 18.7 Å². The van der Waals surface area contributed by atoms with E-state index in [-0.39, 0.29) is 30.6 Å². The summed E-state index contributed by atoms with van der Waals surface area (Å²) in [6, 6.07) is 4.57. The van der Waals surface area contributed by atoms with Crippen molar-refractivity contribution in [2.75, 3.05) is 0 Å². The van der Waals surface area contributed by atoms with Crippen molar-refractivity contribution in [1.29, 1.82) is 0 Å². The first-order chi connectivity index (χ1) is 17.3. The van der Waals surface area contributed by atoms with Crippen molar-refractivity contribution in [3.8, 4) is 23.1 Å². The van der Waals surface area contributed by atoms with E-state index in [2.05, 4.69) is 25.3 Å². The van der Waals surface area contributed by atoms with E-state index in [1.54, 1.807) is 13.1 Å². The maximum absolute atomic E-state index is 12.9. The maximum Gasteiger partial charge on any atom is 0.317 e. The van der Waals surface area contributed by atoms with Crippen LogP contribution in [-0.4, -0.2) is 47.1 Å². The lowest BCUT2D eigenvalue weighted by Crippen LogP contribution is -2.21. The number of alkyl halides is 2. The molecule has 2 fully saturated rings. The average molecular weight is 501 g/mol. The summed E-state index contributed by atoms with van der Waals surface area (Å²) in [5.41, 5.74) is 1.87. The molecule has 0 aromatic carbocycles. The molecular formula is C24H26F2N6O4. The number of hydrogen-bond acceptors (Lipinski definition) is 8. The molecule has 3 aromatic rings. The molecule has 0 radical (unpaired) electrons. The standard InChI is InChI=1S/C24H26F2N6O4/c1-12-20(36-14-9-13-3-4-15(23(33)34)16(13)10-14)6-5-17(28-12)21-19(32(2)31-30-21)11-35-24-27-8-7-18(29-24)22(25)26/h5-8,13-16,22H,3-4,9-11H2,1-2H3,(H,33,34). The minimum Gasteiger partial charge on any atom is -0.489 e. The second-order valence-electron chi connectivity index (χ2n) is 9.30. The number of aromatic nitrogens is 6. The van der Waals surface area contributed by atoms with E-state index in [4.69, 9.17) is 9.47 Å². The number of halogens is 2. The van der Waals surface area contributed by atoms with E-state index in [0.29, 0.717) is 34.4 Å². The number of carboxylic acids is 1. The maximum atomic E-state index is 12.9. The van der Waals surface area contributed by atoms with Gasteiger partial charge in [-0.25, -0.2) is 23.4 Å². The summed E-state index contributed by atoms with van der Waals surface area (Å²) in [6.07, 6.45) is 1.75. The minimum atomic E-state index is -2.72. The fourth-order valence-corrected chi connectivity index (χ4v) is 5.34. The molecule has 3 heterocycles. The Morgan fingerprint density at radius 2 is 2.06 bits per heavy atom. The molecule has 0 amide bonds. The highest BCUT2D eigenvalue weighted by Crippen LogP contribution is 2.48. The zero-order valence-electron chi connectivity index (χ0n) is 19.8. The van der Waals surface area contributed by atoms with Crippen LogP contribution in [-0.2, 0) is 18.4 Å². The first-order valence-electron chi connectivity index (χ1n) is 11.8. The predicted molar refractivity (Wildman–Crippen MR) is 121 cm³/mol. The number of rotatable bonds is 8. The zero-order chi connectivity index (χ0) is 25.4. The van der Waals surface area contributed by atoms with Crippen molar-refractivity contribution in [2.45, 2.75) is 51.7 Å². The highest BCUT2D eigenvalue weighted by molar-refractivity contribution is 5.71. The number of fused-ring (bicyclic) bond motifs is 1. The Kier molecular flexibility index (Phi) is 6.50. The fourth-order valence-electron chi connectivity index (χ4n) is 5.34. The van der Waals surface area contributed by atoms with Gasteiger partial charge in [0.2, 0.25) is 0 Å². The lowest BCUT2D eigenvalue weighted by molar-refractivity contribution is -0.143. The summed E-state index contributed by atoms with van der Waals surface area (Å²) in [5.74, 6) is 0.242. The van der Waals surface area contributed by atoms with Gasteiger partial charge in [0.15, 0.2) is 0 Å². The largest absolute Gasteiger partial charge is 0.489 e. The molecule has 2 saturated carbocycles. The molecule has 5 rings (SSSR count). The number of nitrogens with zero attached hydrogens (tertiary/aromatic N) is 6. The van der Waals surface area contributed by atoms with Crippen molar-refractivity contribution in [1.82, 2.24) is 29.9 Å². The fraction of sp³-hybridized carbons (Fsp3) is 0.500. The molecule has 0 spiro atoms. The van der Waals surface area contributed by atoms with Crippen LogP contribution in [0.5, 0.6) is 11.8 Å². The van der Waals surface area contributed by atoms with Crippen molar-refractivity contribution in [3.63, 3.8) is 0 Å². The summed E-state index contributed by atoms with van der Waals surface area (Å²) >= 11 is 0. The quantitative estimate of drug-likeness (QED) is 0.492. The van der Waals surface area contributed by atoms with Crippen LogP contribution < -0.4 is 9.47 Å². The third-order valence-corrected chi connectivity index (χ3v) is 7.12. The Balaban J connectivity index is 1.28. The normalized spacial score (nSPS) is 23.1. The summed E-state index contributed by atoms with van der Waals surface area (Å²) in [5, 5.41) is 17.7. The van der Waals surface area contributed by atoms with Gasteiger partial charge in [0, 0.05) is 13.2 Å². The number of aliphatic carboxylic acids is 1. The first kappa shape index (κ1) is 24.0. The third kappa shape index (κ3) is 4.71. The van der Waals surface area contributed by atoms with Gasteiger partial charge in [0.05, 0.1) is 23.4 Å². The highest BCUT2D eigenvalue weighted by Gasteiger charge is 2.47. The van der Waals surface area contributed by atoms with Gasteiger partial charge in [-0.15, -0.1) is 5.10 Å². The van der Waals surface area contributed by atoms with Gasteiger partial charge in [-0.1, -0.05) is 5.21 Å². The van der Waals surface area contributed by atoms with Crippen molar-refractivity contribution in [3.05, 3.63) is 41.5 Å². The van der Waals surface area contributed by atoms with E-state index >= 15 is 0 Å². The molecule has 36 heavy (non-hydrogen) atoms. The lowest BCUT2D eigenvalue weighted by atomic mass is 9.92. The predicted octanol–water partition coefficient (Wildman–Crippen LogP) is 3.76. The molecular weight excluding hydrogens is 474 g/mol. The number of pyridine rings is 1. The number of carbonyl (C=O) groups is 1. The van der Waals surface area contributed by atoms with Gasteiger partial charge in [-0.3, -0.25) is 4.79 Å². The van der Waals surface area contributed by atoms with Crippen LogP contribution in [0.4, 0.5) is 8.78 Å². The van der Waals surface area contributed by atoms with E-state index < -0.39 is 18.1 Å². The van der Waals surface area contributed by atoms with Crippen LogP contribution in [0.3, 0.4) is 0 Å². The first-order valence-corrected chi connectivity index (χ1v) is 11.8. The van der Waals surface area contributed by atoms with Gasteiger partial charge in [-0.05, 0) is 62.6 Å². The number of hydrogen-bond donors (Lipinski definition) is 1. The molecule has 0 saturated heterocycles. The molecule has 0 aliphatic heterocycles. The summed E-state index contributed by atoms with van der Waals surface area (Å²) < 4.78 is 39.1. The molecule has 1 N–H and O–H groups in total. The molecule has 2 aliphatic carbocycles. The highest BCUT2D eigenvalue weighted by atomic mass is 19.3. The second kappa shape index (κ2) is 9.75. The Labute approximate surface area is 205 Å². The Morgan fingerprint density at radius 1 is 1.22 bits per heavy atom. The topological polar surface area (TPSA) is 125 Å². The SMILES string of the molecule is Cc1nc(-c2nnn(C)c2COc2nccc(C(F)F)n2)ccc1OC1CC2CCC(C(=O)O)C2C1. The van der Waals surface area contributed by atoms with Crippen molar-refractivity contribution >= 4 is 5.97 Å². The number of ether oxygens (including phenoxy) is 2. The van der Waals surface area contributed by atoms with Gasteiger partial charge >= 0.3 is 12.0 Å². The van der Waals surface area contributed by atoms with E-state index in [1.807, 2.05) is 13.0 Å². The van der Waals surface area contributed by atoms with E-state index in [1.165, 1.54) is 10.9 Å². The molecule has 4 atom stereocenters. The van der Waals surface area contributed by atoms with Gasteiger partial charge in [0.25, 0.3) is 6.43 Å². The molecule has 4 unspecified atom stereocenters. The van der Waals surface area contributed by atoms with Crippen LogP contribution in [0, 0.1) is 24.7 Å². The van der Waals surface area contributed by atoms with Crippen LogP contribution in [0.15, 0.2) is 24.4 Å². The molecule has 2 aliphatic rings. The Bertz CT molecular complexity index is 1270. The molecule has 10 nitrogen and oxygen atoms in total. The molecule has 3 aromatic heterocycles. The average Bonchev–Trinajstić information content (AvgIpc) is 3.53. The van der Waals surface area contributed by atoms with Crippen molar-refractivity contribution < 1.29 is 28.2 Å². The molecule has 0 bridgehead atoms. The zero-order valence-corrected chi connectivity index (χ0v) is 19.8. The third-order valence-electron chi connectivity index (χ3n) is 7.12. The smallest absolute Gasteiger partial charge is 0.317 e. The Hall–Kier alpha value is -3.70. The van der Waals surface area contributed by atoms with Gasteiger partial charge in [0.1, 0.15) is 29.4 Å². The van der Waals surface area contributed by atoms with Crippen molar-refractivity contribution in [2.24, 2.45) is 24.8 Å². The molecule has 12 heteroatoms. The second-order valence-corrected chi connectivity index (χ2v) is 9.30. The molecule has 190 valence electrons. The lowest BCUT2D eigenvalue weighted by Gasteiger charge is -2.18.